The number of carbonyl (C=O) groups excluding carboxylic acids is 1. The van der Waals surface area contributed by atoms with E-state index in [-0.39, 0.29) is 12.4 Å². The van der Waals surface area contributed by atoms with Gasteiger partial charge in [0.15, 0.2) is 0 Å². The van der Waals surface area contributed by atoms with Gasteiger partial charge in [0.1, 0.15) is 17.9 Å². The van der Waals surface area contributed by atoms with Gasteiger partial charge < -0.3 is 10.5 Å². The third-order valence-corrected chi connectivity index (χ3v) is 1.03. The number of carbonyl (C=O) groups is 1. The molecule has 0 aliphatic rings. The van der Waals surface area contributed by atoms with Gasteiger partial charge in [-0.2, -0.15) is 0 Å². The van der Waals surface area contributed by atoms with Crippen molar-refractivity contribution in [2.24, 2.45) is 10.7 Å². The van der Waals surface area contributed by atoms with Gasteiger partial charge in [-0.1, -0.05) is 13.8 Å². The Labute approximate surface area is 86.5 Å². The monoisotopic (exact) mass is 202 g/mol. The molecule has 0 aromatic heterocycles. The fourth-order valence-electron chi connectivity index (χ4n) is 0.605. The van der Waals surface area contributed by atoms with Crippen molar-refractivity contribution in [3.05, 3.63) is 0 Å². The lowest BCUT2D eigenvalue weighted by Crippen LogP contribution is -2.27. The lowest BCUT2D eigenvalue weighted by atomic mass is 10.2. The summed E-state index contributed by atoms with van der Waals surface area (Å²) in [6, 6.07) is 0. The number of hydrogen-bond donors (Lipinski definition) is 1. The molecule has 0 heterocycles. The fraction of sp³-hybridized carbons (Fsp3) is 0.800. The normalized spacial score (nSPS) is 11.4. The molecule has 0 spiro atoms. The van der Waals surface area contributed by atoms with Gasteiger partial charge in [0, 0.05) is 7.05 Å². The Morgan fingerprint density at radius 1 is 1.36 bits per heavy atom. The van der Waals surface area contributed by atoms with E-state index in [1.54, 1.807) is 7.05 Å². The maximum absolute atomic E-state index is 11.0. The minimum absolute atomic E-state index is 0.0633. The van der Waals surface area contributed by atoms with E-state index < -0.39 is 5.60 Å². The standard InChI is InChI=1S/C8H16N2O2.C2H6/c1-8(2,3)12-7(11)5-6(9)10-4;1-2/h5H2,1-4H3,(H2,9,10);1-2H3. The first-order valence-corrected chi connectivity index (χ1v) is 4.78. The maximum Gasteiger partial charge on any atom is 0.313 e. The third kappa shape index (κ3) is 10.9. The van der Waals surface area contributed by atoms with Gasteiger partial charge in [0.2, 0.25) is 0 Å². The molecule has 0 saturated heterocycles. The molecule has 4 heteroatoms. The molecule has 0 amide bonds. The van der Waals surface area contributed by atoms with Crippen molar-refractivity contribution in [2.45, 2.75) is 46.6 Å². The number of nitrogens with zero attached hydrogens (tertiary/aromatic N) is 1. The Kier molecular flexibility index (Phi) is 8.10. The summed E-state index contributed by atoms with van der Waals surface area (Å²) in [6.45, 7) is 9.43. The van der Waals surface area contributed by atoms with E-state index in [1.807, 2.05) is 34.6 Å². The molecule has 0 rings (SSSR count). The average molecular weight is 202 g/mol. The quantitative estimate of drug-likeness (QED) is 0.421. The van der Waals surface area contributed by atoms with Crippen LogP contribution >= 0.6 is 0 Å². The largest absolute Gasteiger partial charge is 0.460 e. The van der Waals surface area contributed by atoms with Crippen molar-refractivity contribution in [1.29, 1.82) is 0 Å². The summed E-state index contributed by atoms with van der Waals surface area (Å²) in [7, 11) is 1.54. The molecular formula is C10H22N2O2. The van der Waals surface area contributed by atoms with Crippen molar-refractivity contribution in [2.75, 3.05) is 7.05 Å². The molecule has 0 aromatic rings. The van der Waals surface area contributed by atoms with E-state index >= 15 is 0 Å². The minimum atomic E-state index is -0.453. The van der Waals surface area contributed by atoms with Gasteiger partial charge >= 0.3 is 5.97 Å². The lowest BCUT2D eigenvalue weighted by molar-refractivity contribution is -0.153. The molecule has 84 valence electrons. The summed E-state index contributed by atoms with van der Waals surface area (Å²) in [5.41, 5.74) is 4.89. The smallest absolute Gasteiger partial charge is 0.313 e. The van der Waals surface area contributed by atoms with Crippen LogP contribution in [0.2, 0.25) is 0 Å². The van der Waals surface area contributed by atoms with E-state index in [0.29, 0.717) is 5.84 Å². The minimum Gasteiger partial charge on any atom is -0.460 e. The second kappa shape index (κ2) is 7.35. The van der Waals surface area contributed by atoms with Crippen molar-refractivity contribution in [1.82, 2.24) is 0 Å². The van der Waals surface area contributed by atoms with Crippen LogP contribution < -0.4 is 5.73 Å². The molecule has 0 aromatic carbocycles. The Balaban J connectivity index is 0. The zero-order chi connectivity index (χ0) is 11.8. The second-order valence-electron chi connectivity index (χ2n) is 3.48. The summed E-state index contributed by atoms with van der Waals surface area (Å²) < 4.78 is 5.01. The molecule has 0 saturated carbocycles. The zero-order valence-corrected chi connectivity index (χ0v) is 10.0. The Morgan fingerprint density at radius 2 is 1.79 bits per heavy atom. The topological polar surface area (TPSA) is 64.7 Å². The molecule has 0 aliphatic heterocycles. The summed E-state index contributed by atoms with van der Waals surface area (Å²) in [4.78, 5) is 14.7. The van der Waals surface area contributed by atoms with Crippen LogP contribution in [0.3, 0.4) is 0 Å². The first-order valence-electron chi connectivity index (χ1n) is 4.78. The molecule has 14 heavy (non-hydrogen) atoms. The third-order valence-electron chi connectivity index (χ3n) is 1.03. The van der Waals surface area contributed by atoms with Gasteiger partial charge in [-0.3, -0.25) is 9.79 Å². The number of nitrogens with two attached hydrogens (primary N) is 1. The fourth-order valence-corrected chi connectivity index (χ4v) is 0.605. The highest BCUT2D eigenvalue weighted by atomic mass is 16.6. The van der Waals surface area contributed by atoms with E-state index in [4.69, 9.17) is 10.5 Å². The van der Waals surface area contributed by atoms with E-state index in [2.05, 4.69) is 4.99 Å². The van der Waals surface area contributed by atoms with Crippen LogP contribution in [0, 0.1) is 0 Å². The van der Waals surface area contributed by atoms with Crippen LogP contribution in [0.1, 0.15) is 41.0 Å². The number of aliphatic imine (C=N–C) groups is 1. The molecule has 0 aliphatic carbocycles. The van der Waals surface area contributed by atoms with Crippen molar-refractivity contribution >= 4 is 11.8 Å². The molecule has 0 fully saturated rings. The Hall–Kier alpha value is -1.06. The maximum atomic E-state index is 11.0. The Bertz CT molecular complexity index is 193. The summed E-state index contributed by atoms with van der Waals surface area (Å²) in [5.74, 6) is -0.0464. The first-order chi connectivity index (χ1) is 6.35. The summed E-state index contributed by atoms with van der Waals surface area (Å²) in [6.07, 6.45) is 0.0633. The van der Waals surface area contributed by atoms with Crippen molar-refractivity contribution in [3.63, 3.8) is 0 Å². The summed E-state index contributed by atoms with van der Waals surface area (Å²) in [5, 5.41) is 0. The molecule has 0 unspecified atom stereocenters. The second-order valence-corrected chi connectivity index (χ2v) is 3.48. The van der Waals surface area contributed by atoms with Crippen LogP contribution in [-0.4, -0.2) is 24.5 Å². The van der Waals surface area contributed by atoms with Gasteiger partial charge in [-0.05, 0) is 20.8 Å². The molecule has 2 N–H and O–H groups in total. The number of esters is 1. The molecule has 0 atom stereocenters. The number of hydrogen-bond acceptors (Lipinski definition) is 3. The molecule has 0 bridgehead atoms. The van der Waals surface area contributed by atoms with Crippen LogP contribution in [0.4, 0.5) is 0 Å². The van der Waals surface area contributed by atoms with Gasteiger partial charge in [-0.25, -0.2) is 0 Å². The Morgan fingerprint density at radius 3 is 2.07 bits per heavy atom. The number of rotatable bonds is 2. The van der Waals surface area contributed by atoms with Crippen LogP contribution in [0.15, 0.2) is 4.99 Å². The van der Waals surface area contributed by atoms with E-state index in [9.17, 15) is 4.79 Å². The van der Waals surface area contributed by atoms with Gasteiger partial charge in [-0.15, -0.1) is 0 Å². The predicted octanol–water partition coefficient (Wildman–Crippen LogP) is 1.73. The highest BCUT2D eigenvalue weighted by Gasteiger charge is 2.16. The SMILES string of the molecule is CC.CN=C(N)CC(=O)OC(C)(C)C. The molecular weight excluding hydrogens is 180 g/mol. The predicted molar refractivity (Wildman–Crippen MR) is 59.4 cm³/mol. The van der Waals surface area contributed by atoms with Crippen LogP contribution in [0.5, 0.6) is 0 Å². The van der Waals surface area contributed by atoms with Crippen LogP contribution in [0.25, 0.3) is 0 Å². The number of amidine groups is 1. The van der Waals surface area contributed by atoms with Crippen molar-refractivity contribution < 1.29 is 9.53 Å². The van der Waals surface area contributed by atoms with E-state index in [1.165, 1.54) is 0 Å². The lowest BCUT2D eigenvalue weighted by Gasteiger charge is -2.19. The number of ether oxygens (including phenoxy) is 1. The van der Waals surface area contributed by atoms with Gasteiger partial charge in [0.25, 0.3) is 0 Å². The average Bonchev–Trinajstić information content (AvgIpc) is 2.04. The highest BCUT2D eigenvalue weighted by Crippen LogP contribution is 2.07. The summed E-state index contributed by atoms with van der Waals surface area (Å²) >= 11 is 0. The van der Waals surface area contributed by atoms with E-state index in [0.717, 1.165) is 0 Å². The van der Waals surface area contributed by atoms with Crippen molar-refractivity contribution in [3.8, 4) is 0 Å². The van der Waals surface area contributed by atoms with Crippen LogP contribution in [-0.2, 0) is 9.53 Å². The zero-order valence-electron chi connectivity index (χ0n) is 10.0. The highest BCUT2D eigenvalue weighted by molar-refractivity contribution is 5.96. The molecule has 0 radical (unpaired) electrons. The van der Waals surface area contributed by atoms with Gasteiger partial charge in [0.05, 0.1) is 0 Å². The first kappa shape index (κ1) is 15.4. The molecule has 4 nitrogen and oxygen atoms in total.